The Morgan fingerprint density at radius 2 is 1.11 bits per heavy atom. The predicted molar refractivity (Wildman–Crippen MR) is 144 cm³/mol. The number of carbonyl (C=O) groups excluding carboxylic acids is 2. The number of rotatable bonds is 6. The fourth-order valence-corrected chi connectivity index (χ4v) is 5.94. The monoisotopic (exact) mass is 730 g/mol. The number of azo groups is 2. The number of hydrogen-bond acceptors (Lipinski definition) is 6. The molecule has 0 aliphatic carbocycles. The van der Waals surface area contributed by atoms with E-state index in [4.69, 9.17) is 0 Å². The van der Waals surface area contributed by atoms with Crippen molar-refractivity contribution >= 4 is 109 Å². The molecule has 0 spiro atoms. The van der Waals surface area contributed by atoms with E-state index in [1.165, 1.54) is 0 Å². The molecule has 0 aliphatic heterocycles. The number of carbonyl (C=O) groups is 2. The zero-order valence-corrected chi connectivity index (χ0v) is 23.8. The van der Waals surface area contributed by atoms with Gasteiger partial charge in [-0.15, -0.1) is 20.5 Å². The minimum Gasteiger partial charge on any atom is -0.493 e. The quantitative estimate of drug-likeness (QED) is 0.147. The first-order valence-corrected chi connectivity index (χ1v) is 13.1. The number of nitrogens with zero attached hydrogens (tertiary/aromatic N) is 4. The number of amides is 2. The van der Waals surface area contributed by atoms with Crippen molar-refractivity contribution in [3.63, 3.8) is 0 Å². The van der Waals surface area contributed by atoms with Gasteiger partial charge in [-0.25, -0.2) is 0 Å². The van der Waals surface area contributed by atoms with Gasteiger partial charge in [-0.3, -0.25) is 9.59 Å². The van der Waals surface area contributed by atoms with Gasteiger partial charge in [0.15, 0.2) is 11.4 Å². The fourth-order valence-electron chi connectivity index (χ4n) is 3.29. The van der Waals surface area contributed by atoms with Crippen LogP contribution in [0.5, 0.6) is 11.8 Å². The Kier molecular flexibility index (Phi) is 7.83. The summed E-state index contributed by atoms with van der Waals surface area (Å²) in [5, 5.41) is 36.4. The number of fused-ring (bicyclic) bond motifs is 2. The van der Waals surface area contributed by atoms with Crippen LogP contribution < -0.4 is 0 Å². The number of H-pyrrole nitrogens is 2. The van der Waals surface area contributed by atoms with Crippen LogP contribution in [-0.4, -0.2) is 32.0 Å². The Balaban J connectivity index is 1.36. The Morgan fingerprint density at radius 3 is 1.51 bits per heavy atom. The summed E-state index contributed by atoms with van der Waals surface area (Å²) in [6, 6.07) is 7.08. The van der Waals surface area contributed by atoms with Crippen molar-refractivity contribution in [1.29, 1.82) is 0 Å². The molecule has 0 aliphatic rings. The summed E-state index contributed by atoms with van der Waals surface area (Å²) in [5.41, 5.74) is 1.50. The number of aromatic nitrogens is 2. The topological polar surface area (TPSA) is 156 Å². The fraction of sp³-hybridized carbons (Fsp3) is 0.143. The maximum absolute atomic E-state index is 12.1. The summed E-state index contributed by atoms with van der Waals surface area (Å²) in [5.74, 6) is -1.54. The average Bonchev–Trinajstić information content (AvgIpc) is 3.27. The second-order valence-electron chi connectivity index (χ2n) is 7.31. The zero-order valence-electron chi connectivity index (χ0n) is 17.4. The van der Waals surface area contributed by atoms with Gasteiger partial charge in [0.25, 0.3) is 11.8 Å². The molecule has 2 aromatic carbocycles. The molecule has 0 bridgehead atoms. The third kappa shape index (κ3) is 5.71. The maximum Gasteiger partial charge on any atom is 0.264 e. The minimum absolute atomic E-state index is 0.0422. The van der Waals surface area contributed by atoms with Gasteiger partial charge in [0.2, 0.25) is 11.8 Å². The third-order valence-electron chi connectivity index (χ3n) is 4.86. The Labute approximate surface area is 230 Å². The molecule has 4 N–H and O–H groups in total. The summed E-state index contributed by atoms with van der Waals surface area (Å²) in [6.45, 7) is 0. The Bertz CT molecular complexity index is 1430. The lowest BCUT2D eigenvalue weighted by Crippen LogP contribution is -1.96. The molecule has 0 unspecified atom stereocenters. The highest BCUT2D eigenvalue weighted by Crippen LogP contribution is 2.41. The van der Waals surface area contributed by atoms with Crippen LogP contribution in [0.2, 0.25) is 0 Å². The van der Waals surface area contributed by atoms with Crippen molar-refractivity contribution in [3.8, 4) is 11.8 Å². The highest BCUT2D eigenvalue weighted by Gasteiger charge is 2.16. The van der Waals surface area contributed by atoms with Crippen LogP contribution in [0, 0.1) is 0 Å². The van der Waals surface area contributed by atoms with Gasteiger partial charge in [0.05, 0.1) is 11.0 Å². The van der Waals surface area contributed by atoms with Crippen LogP contribution >= 0.6 is 63.7 Å². The number of halogens is 4. The lowest BCUT2D eigenvalue weighted by Gasteiger charge is -1.97. The smallest absolute Gasteiger partial charge is 0.264 e. The van der Waals surface area contributed by atoms with E-state index in [1.807, 2.05) is 0 Å². The van der Waals surface area contributed by atoms with E-state index in [2.05, 4.69) is 94.1 Å². The second kappa shape index (κ2) is 10.7. The van der Waals surface area contributed by atoms with Crippen molar-refractivity contribution in [2.75, 3.05) is 0 Å². The first-order valence-electron chi connectivity index (χ1n) is 9.92. The molecule has 10 nitrogen and oxygen atoms in total. The number of benzene rings is 2. The normalized spacial score (nSPS) is 12.0. The molecule has 35 heavy (non-hydrogen) atoms. The van der Waals surface area contributed by atoms with Crippen LogP contribution in [0.3, 0.4) is 0 Å². The van der Waals surface area contributed by atoms with Crippen LogP contribution in [0.4, 0.5) is 11.4 Å². The van der Waals surface area contributed by atoms with Gasteiger partial charge in [-0.05, 0) is 62.5 Å². The summed E-state index contributed by atoms with van der Waals surface area (Å²) in [6.07, 6.45) is 0.0998. The molecule has 180 valence electrons. The van der Waals surface area contributed by atoms with Gasteiger partial charge in [-0.2, -0.15) is 0 Å². The number of aromatic hydroxyl groups is 2. The molecular formula is C21H14Br4N6O4. The van der Waals surface area contributed by atoms with Gasteiger partial charge >= 0.3 is 0 Å². The van der Waals surface area contributed by atoms with Gasteiger partial charge < -0.3 is 20.2 Å². The second-order valence-corrected chi connectivity index (χ2v) is 10.8. The summed E-state index contributed by atoms with van der Waals surface area (Å²) >= 11 is 13.5. The molecule has 0 atom stereocenters. The first-order chi connectivity index (χ1) is 16.6. The van der Waals surface area contributed by atoms with Crippen LogP contribution in [-0.2, 0) is 9.59 Å². The van der Waals surface area contributed by atoms with Crippen molar-refractivity contribution in [2.24, 2.45) is 20.5 Å². The lowest BCUT2D eigenvalue weighted by atomic mass is 10.2. The molecule has 0 radical (unpaired) electrons. The molecule has 0 saturated heterocycles. The zero-order chi connectivity index (χ0) is 25.3. The standard InChI is InChI=1S/C21H14Br4N6O4/c22-8-4-10-16(12(24)6-8)26-20(34)18(10)30-28-14(32)2-1-3-15(33)29-31-19-11-5-9(23)7-13(25)17(11)27-21(19)35/h4-7,26-27,34-35H,1-3H2. The molecular weight excluding hydrogens is 720 g/mol. The molecule has 0 fully saturated rings. The van der Waals surface area contributed by atoms with E-state index in [1.54, 1.807) is 24.3 Å². The van der Waals surface area contributed by atoms with Crippen molar-refractivity contribution in [2.45, 2.75) is 19.3 Å². The molecule has 14 heteroatoms. The van der Waals surface area contributed by atoms with E-state index in [0.717, 1.165) is 8.95 Å². The third-order valence-corrected chi connectivity index (χ3v) is 7.03. The average molecular weight is 734 g/mol. The summed E-state index contributed by atoms with van der Waals surface area (Å²) in [4.78, 5) is 29.8. The highest BCUT2D eigenvalue weighted by atomic mass is 79.9. The minimum atomic E-state index is -0.554. The molecule has 4 rings (SSSR count). The molecule has 2 amide bonds. The van der Waals surface area contributed by atoms with E-state index in [9.17, 15) is 19.8 Å². The Hall–Kier alpha value is -2.42. The lowest BCUT2D eigenvalue weighted by molar-refractivity contribution is -0.119. The molecule has 2 heterocycles. The first kappa shape index (κ1) is 25.7. The van der Waals surface area contributed by atoms with Gasteiger partial charge in [0.1, 0.15) is 0 Å². The largest absolute Gasteiger partial charge is 0.493 e. The summed E-state index contributed by atoms with van der Waals surface area (Å²) in [7, 11) is 0. The van der Waals surface area contributed by atoms with Crippen LogP contribution in [0.25, 0.3) is 21.8 Å². The van der Waals surface area contributed by atoms with Gasteiger partial charge in [0, 0.05) is 41.5 Å². The molecule has 4 aromatic rings. The van der Waals surface area contributed by atoms with E-state index >= 15 is 0 Å². The van der Waals surface area contributed by atoms with E-state index in [0.29, 0.717) is 30.8 Å². The highest BCUT2D eigenvalue weighted by molar-refractivity contribution is 9.11. The number of aromatic amines is 2. The number of hydrogen-bond donors (Lipinski definition) is 4. The van der Waals surface area contributed by atoms with Gasteiger partial charge in [-0.1, -0.05) is 31.9 Å². The molecule has 2 aromatic heterocycles. The van der Waals surface area contributed by atoms with E-state index in [-0.39, 0.29) is 42.4 Å². The van der Waals surface area contributed by atoms with Crippen LogP contribution in [0.1, 0.15) is 19.3 Å². The molecule has 0 saturated carbocycles. The van der Waals surface area contributed by atoms with Crippen molar-refractivity contribution in [3.05, 3.63) is 42.2 Å². The van der Waals surface area contributed by atoms with Crippen LogP contribution in [0.15, 0.2) is 62.6 Å². The Morgan fingerprint density at radius 1 is 0.714 bits per heavy atom. The number of nitrogens with one attached hydrogen (secondary N) is 2. The predicted octanol–water partition coefficient (Wildman–Crippen LogP) is 8.20. The van der Waals surface area contributed by atoms with Crippen molar-refractivity contribution in [1.82, 2.24) is 9.97 Å². The maximum atomic E-state index is 12.1. The SMILES string of the molecule is O=C(CCCC(=O)N=Nc1c(O)[nH]c2c(Br)cc(Br)cc12)N=Nc1c(O)[nH]c2c(Br)cc(Br)cc12. The van der Waals surface area contributed by atoms with E-state index < -0.39 is 11.8 Å². The van der Waals surface area contributed by atoms with Crippen molar-refractivity contribution < 1.29 is 19.8 Å². The summed E-state index contributed by atoms with van der Waals surface area (Å²) < 4.78 is 2.93.